The molecule has 10 heteroatoms. The number of benzene rings is 3. The third-order valence-corrected chi connectivity index (χ3v) is 6.44. The maximum absolute atomic E-state index is 13.0. The van der Waals surface area contributed by atoms with Gasteiger partial charge in [-0.1, -0.05) is 47.5 Å². The Labute approximate surface area is 229 Å². The SMILES string of the molecule is CCOC(=O)c1cccc(NC(=O)Cc2ccc(NC3=C(Cl)C(=O)N(c4ccc(C)c(Cl)c4)C3=O)cc2)c1. The third kappa shape index (κ3) is 5.88. The smallest absolute Gasteiger partial charge is 0.338 e. The average Bonchev–Trinajstić information content (AvgIpc) is 3.10. The molecule has 0 aromatic heterocycles. The third-order valence-electron chi connectivity index (χ3n) is 5.69. The molecule has 0 bridgehead atoms. The Morgan fingerprint density at radius 1 is 0.921 bits per heavy atom. The van der Waals surface area contributed by atoms with Crippen molar-refractivity contribution in [3.05, 3.63) is 99.2 Å². The van der Waals surface area contributed by atoms with Gasteiger partial charge in [-0.25, -0.2) is 9.69 Å². The van der Waals surface area contributed by atoms with Crippen molar-refractivity contribution in [3.63, 3.8) is 0 Å². The molecule has 3 amide bonds. The molecule has 1 aliphatic rings. The van der Waals surface area contributed by atoms with E-state index in [1.54, 1.807) is 67.6 Å². The second kappa shape index (κ2) is 11.5. The number of amides is 3. The number of carbonyl (C=O) groups excluding carboxylic acids is 4. The summed E-state index contributed by atoms with van der Waals surface area (Å²) in [7, 11) is 0. The van der Waals surface area contributed by atoms with Crippen LogP contribution in [0.1, 0.15) is 28.4 Å². The minimum absolute atomic E-state index is 0.0552. The molecular formula is C28H23Cl2N3O5. The molecule has 2 N–H and O–H groups in total. The predicted molar refractivity (Wildman–Crippen MR) is 146 cm³/mol. The van der Waals surface area contributed by atoms with Crippen molar-refractivity contribution < 1.29 is 23.9 Å². The lowest BCUT2D eigenvalue weighted by atomic mass is 10.1. The number of hydrogen-bond donors (Lipinski definition) is 2. The summed E-state index contributed by atoms with van der Waals surface area (Å²) in [5, 5.41) is 5.85. The lowest BCUT2D eigenvalue weighted by molar-refractivity contribution is -0.120. The Morgan fingerprint density at radius 3 is 2.34 bits per heavy atom. The number of ether oxygens (including phenoxy) is 1. The van der Waals surface area contributed by atoms with Crippen molar-refractivity contribution in [2.45, 2.75) is 20.3 Å². The molecule has 0 aliphatic carbocycles. The Hall–Kier alpha value is -4.14. The highest BCUT2D eigenvalue weighted by atomic mass is 35.5. The number of hydrogen-bond acceptors (Lipinski definition) is 6. The molecule has 0 fully saturated rings. The molecule has 194 valence electrons. The number of anilines is 3. The summed E-state index contributed by atoms with van der Waals surface area (Å²) in [4.78, 5) is 51.1. The van der Waals surface area contributed by atoms with E-state index in [0.717, 1.165) is 10.5 Å². The number of aryl methyl sites for hydroxylation is 1. The van der Waals surface area contributed by atoms with Crippen LogP contribution in [0.2, 0.25) is 5.02 Å². The molecule has 0 saturated heterocycles. The van der Waals surface area contributed by atoms with Crippen molar-refractivity contribution in [3.8, 4) is 0 Å². The number of imide groups is 1. The molecule has 4 rings (SSSR count). The second-order valence-corrected chi connectivity index (χ2v) is 9.20. The van der Waals surface area contributed by atoms with Gasteiger partial charge in [0.25, 0.3) is 11.8 Å². The molecule has 38 heavy (non-hydrogen) atoms. The first kappa shape index (κ1) is 26.9. The first-order valence-electron chi connectivity index (χ1n) is 11.7. The molecule has 0 unspecified atom stereocenters. The van der Waals surface area contributed by atoms with Crippen molar-refractivity contribution in [1.82, 2.24) is 0 Å². The van der Waals surface area contributed by atoms with Gasteiger partial charge in [-0.3, -0.25) is 14.4 Å². The van der Waals surface area contributed by atoms with Gasteiger partial charge in [0.15, 0.2) is 0 Å². The van der Waals surface area contributed by atoms with Gasteiger partial charge >= 0.3 is 5.97 Å². The van der Waals surface area contributed by atoms with Crippen LogP contribution in [-0.2, 0) is 25.5 Å². The van der Waals surface area contributed by atoms with Crippen LogP contribution >= 0.6 is 23.2 Å². The van der Waals surface area contributed by atoms with Crippen LogP contribution in [0.5, 0.6) is 0 Å². The van der Waals surface area contributed by atoms with E-state index < -0.39 is 17.8 Å². The quantitative estimate of drug-likeness (QED) is 0.285. The molecule has 3 aromatic carbocycles. The molecule has 0 radical (unpaired) electrons. The van der Waals surface area contributed by atoms with Gasteiger partial charge in [0.2, 0.25) is 5.91 Å². The van der Waals surface area contributed by atoms with Crippen molar-refractivity contribution in [2.24, 2.45) is 0 Å². The molecule has 8 nitrogen and oxygen atoms in total. The van der Waals surface area contributed by atoms with Gasteiger partial charge < -0.3 is 15.4 Å². The van der Waals surface area contributed by atoms with Crippen LogP contribution in [0.25, 0.3) is 0 Å². The summed E-state index contributed by atoms with van der Waals surface area (Å²) in [6, 6.07) is 18.1. The lowest BCUT2D eigenvalue weighted by Crippen LogP contribution is -2.32. The van der Waals surface area contributed by atoms with Gasteiger partial charge in [0.1, 0.15) is 10.7 Å². The molecular weight excluding hydrogens is 529 g/mol. The summed E-state index contributed by atoms with van der Waals surface area (Å²) in [5.74, 6) is -2.00. The van der Waals surface area contributed by atoms with Gasteiger partial charge in [-0.15, -0.1) is 0 Å². The number of nitrogens with one attached hydrogen (secondary N) is 2. The zero-order valence-electron chi connectivity index (χ0n) is 20.5. The summed E-state index contributed by atoms with van der Waals surface area (Å²) < 4.78 is 4.98. The number of carbonyl (C=O) groups is 4. The number of nitrogens with zero attached hydrogens (tertiary/aromatic N) is 1. The summed E-state index contributed by atoms with van der Waals surface area (Å²) in [6.45, 7) is 3.79. The van der Waals surface area contributed by atoms with E-state index in [1.807, 2.05) is 6.92 Å². The van der Waals surface area contributed by atoms with Crippen molar-refractivity contribution in [1.29, 1.82) is 0 Å². The zero-order chi connectivity index (χ0) is 27.4. The number of esters is 1. The van der Waals surface area contributed by atoms with E-state index >= 15 is 0 Å². The van der Waals surface area contributed by atoms with Gasteiger partial charge in [0, 0.05) is 16.4 Å². The van der Waals surface area contributed by atoms with E-state index in [9.17, 15) is 19.2 Å². The summed E-state index contributed by atoms with van der Waals surface area (Å²) >= 11 is 12.4. The number of halogens is 2. The van der Waals surface area contributed by atoms with E-state index in [-0.39, 0.29) is 29.7 Å². The molecule has 1 heterocycles. The lowest BCUT2D eigenvalue weighted by Gasteiger charge is -2.16. The van der Waals surface area contributed by atoms with Gasteiger partial charge in [-0.2, -0.15) is 0 Å². The van der Waals surface area contributed by atoms with Gasteiger partial charge in [-0.05, 0) is 67.4 Å². The molecule has 0 spiro atoms. The topological polar surface area (TPSA) is 105 Å². The largest absolute Gasteiger partial charge is 0.462 e. The maximum Gasteiger partial charge on any atom is 0.338 e. The fourth-order valence-corrected chi connectivity index (χ4v) is 4.13. The van der Waals surface area contributed by atoms with E-state index in [0.29, 0.717) is 33.2 Å². The Balaban J connectivity index is 1.40. The number of rotatable bonds is 8. The summed E-state index contributed by atoms with van der Waals surface area (Å²) in [6.07, 6.45) is 0.0761. The summed E-state index contributed by atoms with van der Waals surface area (Å²) in [5.41, 5.74) is 3.11. The Kier molecular flexibility index (Phi) is 8.14. The van der Waals surface area contributed by atoms with Crippen LogP contribution in [0, 0.1) is 6.92 Å². The van der Waals surface area contributed by atoms with Crippen LogP contribution < -0.4 is 15.5 Å². The molecule has 0 saturated carbocycles. The maximum atomic E-state index is 13.0. The van der Waals surface area contributed by atoms with Crippen LogP contribution in [0.4, 0.5) is 17.1 Å². The molecule has 3 aromatic rings. The highest BCUT2D eigenvalue weighted by molar-refractivity contribution is 6.53. The van der Waals surface area contributed by atoms with E-state index in [1.165, 1.54) is 6.07 Å². The first-order valence-corrected chi connectivity index (χ1v) is 12.4. The molecule has 0 atom stereocenters. The monoisotopic (exact) mass is 551 g/mol. The van der Waals surface area contributed by atoms with E-state index in [4.69, 9.17) is 27.9 Å². The highest BCUT2D eigenvalue weighted by Crippen LogP contribution is 2.32. The van der Waals surface area contributed by atoms with Crippen molar-refractivity contribution in [2.75, 3.05) is 22.1 Å². The normalized spacial score (nSPS) is 13.1. The first-order chi connectivity index (χ1) is 18.2. The van der Waals surface area contributed by atoms with Crippen LogP contribution in [0.3, 0.4) is 0 Å². The second-order valence-electron chi connectivity index (χ2n) is 8.42. The van der Waals surface area contributed by atoms with Crippen LogP contribution in [0.15, 0.2) is 77.5 Å². The molecule has 1 aliphatic heterocycles. The Morgan fingerprint density at radius 2 is 1.66 bits per heavy atom. The fourth-order valence-electron chi connectivity index (χ4n) is 3.75. The predicted octanol–water partition coefficient (Wildman–Crippen LogP) is 5.44. The standard InChI is InChI=1S/C28H23Cl2N3O5/c1-3-38-28(37)18-5-4-6-20(14-18)31-23(34)13-17-8-10-19(11-9-17)32-25-24(30)26(35)33(27(25)36)21-12-7-16(2)22(29)15-21/h4-12,14-15,32H,3,13H2,1-2H3,(H,31,34). The average molecular weight is 552 g/mol. The van der Waals surface area contributed by atoms with E-state index in [2.05, 4.69) is 10.6 Å². The fraction of sp³-hybridized carbons (Fsp3) is 0.143. The van der Waals surface area contributed by atoms with Crippen molar-refractivity contribution >= 4 is 64.0 Å². The minimum Gasteiger partial charge on any atom is -0.462 e. The Bertz CT molecular complexity index is 1470. The highest BCUT2D eigenvalue weighted by Gasteiger charge is 2.39. The van der Waals surface area contributed by atoms with Gasteiger partial charge in [0.05, 0.1) is 24.3 Å². The zero-order valence-corrected chi connectivity index (χ0v) is 22.0. The van der Waals surface area contributed by atoms with Crippen LogP contribution in [-0.4, -0.2) is 30.3 Å². The minimum atomic E-state index is -0.653.